The van der Waals surface area contributed by atoms with Crippen molar-refractivity contribution >= 4 is 21.7 Å². The van der Waals surface area contributed by atoms with E-state index in [-0.39, 0.29) is 5.78 Å². The summed E-state index contributed by atoms with van der Waals surface area (Å²) in [5, 5.41) is 0.418. The van der Waals surface area contributed by atoms with Crippen LogP contribution in [0.25, 0.3) is 0 Å². The van der Waals surface area contributed by atoms with Crippen LogP contribution in [0.5, 0.6) is 0 Å². The van der Waals surface area contributed by atoms with Gasteiger partial charge in [-0.15, -0.1) is 0 Å². The molecule has 0 amide bonds. The summed E-state index contributed by atoms with van der Waals surface area (Å²) in [6.07, 6.45) is 3.65. The van der Waals surface area contributed by atoms with Crippen molar-refractivity contribution in [3.8, 4) is 0 Å². The van der Waals surface area contributed by atoms with Crippen LogP contribution in [0.1, 0.15) is 47.2 Å². The monoisotopic (exact) mass is 266 g/mol. The summed E-state index contributed by atoms with van der Waals surface area (Å²) in [5.41, 5.74) is 3.66. The fourth-order valence-electron chi connectivity index (χ4n) is 2.31. The number of ketones is 1. The first-order valence-electron chi connectivity index (χ1n) is 5.44. The van der Waals surface area contributed by atoms with Gasteiger partial charge in [0.05, 0.1) is 5.33 Å². The quantitative estimate of drug-likeness (QED) is 0.589. The fraction of sp³-hybridized carbons (Fsp3) is 0.462. The normalized spacial score (nSPS) is 19.7. The number of fused-ring (bicyclic) bond motifs is 1. The lowest BCUT2D eigenvalue weighted by Crippen LogP contribution is -2.09. The van der Waals surface area contributed by atoms with E-state index in [4.69, 9.17) is 0 Å². The van der Waals surface area contributed by atoms with Crippen molar-refractivity contribution in [2.45, 2.75) is 32.1 Å². The number of aryl methyl sites for hydroxylation is 1. The highest BCUT2D eigenvalue weighted by Crippen LogP contribution is 2.31. The number of benzene rings is 1. The number of Topliss-reactive ketones (excluding diaryl/α,β-unsaturated/α-hetero) is 1. The Morgan fingerprint density at radius 2 is 2.33 bits per heavy atom. The molecule has 80 valence electrons. The van der Waals surface area contributed by atoms with E-state index in [9.17, 15) is 4.79 Å². The van der Waals surface area contributed by atoms with E-state index >= 15 is 0 Å². The number of rotatable bonds is 2. The van der Waals surface area contributed by atoms with Gasteiger partial charge in [0, 0.05) is 5.56 Å². The number of carbonyl (C=O) groups is 1. The van der Waals surface area contributed by atoms with Gasteiger partial charge in [0.25, 0.3) is 0 Å². The third-order valence-corrected chi connectivity index (χ3v) is 3.71. The molecule has 0 spiro atoms. The summed E-state index contributed by atoms with van der Waals surface area (Å²) in [5.74, 6) is 0.831. The van der Waals surface area contributed by atoms with Crippen LogP contribution in [-0.2, 0) is 6.42 Å². The van der Waals surface area contributed by atoms with Crippen molar-refractivity contribution < 1.29 is 4.79 Å². The lowest BCUT2D eigenvalue weighted by Gasteiger charge is -2.22. The molecule has 1 atom stereocenters. The smallest absolute Gasteiger partial charge is 0.173 e. The molecule has 0 fully saturated rings. The van der Waals surface area contributed by atoms with Gasteiger partial charge in [-0.05, 0) is 42.4 Å². The molecule has 0 radical (unpaired) electrons. The van der Waals surface area contributed by atoms with Crippen molar-refractivity contribution in [3.05, 3.63) is 34.9 Å². The Morgan fingerprint density at radius 1 is 1.53 bits per heavy atom. The van der Waals surface area contributed by atoms with Gasteiger partial charge in [0.1, 0.15) is 0 Å². The maximum Gasteiger partial charge on any atom is 0.173 e. The van der Waals surface area contributed by atoms with Crippen LogP contribution in [0.2, 0.25) is 0 Å². The number of carbonyl (C=O) groups excluding carboxylic acids is 1. The third kappa shape index (κ3) is 2.15. The molecule has 0 N–H and O–H groups in total. The van der Waals surface area contributed by atoms with Crippen LogP contribution < -0.4 is 0 Å². The minimum absolute atomic E-state index is 0.177. The van der Waals surface area contributed by atoms with Crippen molar-refractivity contribution in [2.24, 2.45) is 0 Å². The number of alkyl halides is 1. The molecule has 0 aromatic heterocycles. The molecular weight excluding hydrogens is 252 g/mol. The molecule has 2 rings (SSSR count). The van der Waals surface area contributed by atoms with Gasteiger partial charge in [-0.3, -0.25) is 4.79 Å². The van der Waals surface area contributed by atoms with Gasteiger partial charge in [0.15, 0.2) is 5.78 Å². The first kappa shape index (κ1) is 10.9. The zero-order chi connectivity index (χ0) is 10.8. The van der Waals surface area contributed by atoms with Crippen LogP contribution in [0.15, 0.2) is 18.2 Å². The maximum absolute atomic E-state index is 11.5. The average Bonchev–Trinajstić information content (AvgIpc) is 2.28. The topological polar surface area (TPSA) is 17.1 Å². The Hall–Kier alpha value is -0.630. The van der Waals surface area contributed by atoms with Gasteiger partial charge < -0.3 is 0 Å². The average molecular weight is 267 g/mol. The lowest BCUT2D eigenvalue weighted by atomic mass is 9.83. The predicted molar refractivity (Wildman–Crippen MR) is 65.9 cm³/mol. The maximum atomic E-state index is 11.5. The van der Waals surface area contributed by atoms with Crippen molar-refractivity contribution in [2.75, 3.05) is 5.33 Å². The Kier molecular flexibility index (Phi) is 3.25. The number of hydrogen-bond donors (Lipinski definition) is 0. The largest absolute Gasteiger partial charge is 0.293 e. The Balaban J connectivity index is 2.37. The second-order valence-corrected chi connectivity index (χ2v) is 4.82. The molecule has 1 nitrogen and oxygen atoms in total. The van der Waals surface area contributed by atoms with E-state index in [1.54, 1.807) is 0 Å². The summed E-state index contributed by atoms with van der Waals surface area (Å²) >= 11 is 3.21. The van der Waals surface area contributed by atoms with Crippen molar-refractivity contribution in [3.63, 3.8) is 0 Å². The highest BCUT2D eigenvalue weighted by atomic mass is 79.9. The van der Waals surface area contributed by atoms with Crippen molar-refractivity contribution in [1.29, 1.82) is 0 Å². The summed E-state index contributed by atoms with van der Waals surface area (Å²) in [6, 6.07) is 6.17. The number of halogens is 1. The van der Waals surface area contributed by atoms with E-state index in [2.05, 4.69) is 35.0 Å². The Labute approximate surface area is 99.0 Å². The molecule has 1 aliphatic rings. The summed E-state index contributed by atoms with van der Waals surface area (Å²) in [7, 11) is 0. The second kappa shape index (κ2) is 4.48. The van der Waals surface area contributed by atoms with E-state index < -0.39 is 0 Å². The Bertz CT molecular complexity index is 384. The molecule has 0 heterocycles. The van der Waals surface area contributed by atoms with Crippen molar-refractivity contribution in [1.82, 2.24) is 0 Å². The van der Waals surface area contributed by atoms with E-state index in [0.29, 0.717) is 11.2 Å². The SMILES string of the molecule is CC1CCCc2cc(C(=O)CBr)ccc21. The zero-order valence-corrected chi connectivity index (χ0v) is 10.5. The zero-order valence-electron chi connectivity index (χ0n) is 8.92. The second-order valence-electron chi connectivity index (χ2n) is 4.26. The van der Waals surface area contributed by atoms with Crippen LogP contribution in [0.3, 0.4) is 0 Å². The van der Waals surface area contributed by atoms with Crippen LogP contribution in [0.4, 0.5) is 0 Å². The van der Waals surface area contributed by atoms with Crippen LogP contribution in [0, 0.1) is 0 Å². The lowest BCUT2D eigenvalue weighted by molar-refractivity contribution is 0.102. The minimum atomic E-state index is 0.177. The fourth-order valence-corrected chi connectivity index (χ4v) is 2.63. The van der Waals surface area contributed by atoms with E-state index in [1.807, 2.05) is 6.07 Å². The molecule has 1 aliphatic carbocycles. The molecule has 0 saturated heterocycles. The van der Waals surface area contributed by atoms with Gasteiger partial charge in [-0.2, -0.15) is 0 Å². The van der Waals surface area contributed by atoms with Crippen LogP contribution in [-0.4, -0.2) is 11.1 Å². The molecule has 0 aliphatic heterocycles. The molecular formula is C13H15BrO. The summed E-state index contributed by atoms with van der Waals surface area (Å²) in [4.78, 5) is 11.5. The predicted octanol–water partition coefficient (Wildman–Crippen LogP) is 3.70. The highest BCUT2D eigenvalue weighted by Gasteiger charge is 2.17. The standard InChI is InChI=1S/C13H15BrO/c1-9-3-2-4-10-7-11(13(15)8-14)5-6-12(9)10/h5-7,9H,2-4,8H2,1H3. The van der Waals surface area contributed by atoms with E-state index in [1.165, 1.54) is 24.0 Å². The number of hydrogen-bond acceptors (Lipinski definition) is 1. The summed E-state index contributed by atoms with van der Waals surface area (Å²) in [6.45, 7) is 2.27. The Morgan fingerprint density at radius 3 is 3.07 bits per heavy atom. The third-order valence-electron chi connectivity index (χ3n) is 3.20. The minimum Gasteiger partial charge on any atom is -0.293 e. The van der Waals surface area contributed by atoms with Gasteiger partial charge >= 0.3 is 0 Å². The van der Waals surface area contributed by atoms with Gasteiger partial charge in [0.2, 0.25) is 0 Å². The first-order chi connectivity index (χ1) is 7.22. The van der Waals surface area contributed by atoms with Gasteiger partial charge in [-0.25, -0.2) is 0 Å². The molecule has 15 heavy (non-hydrogen) atoms. The highest BCUT2D eigenvalue weighted by molar-refractivity contribution is 9.09. The molecule has 1 aromatic carbocycles. The molecule has 1 aromatic rings. The first-order valence-corrected chi connectivity index (χ1v) is 6.56. The molecule has 0 bridgehead atoms. The molecule has 1 unspecified atom stereocenters. The molecule has 2 heteroatoms. The van der Waals surface area contributed by atoms with Crippen LogP contribution >= 0.6 is 15.9 Å². The molecule has 0 saturated carbocycles. The van der Waals surface area contributed by atoms with E-state index in [0.717, 1.165) is 12.0 Å². The summed E-state index contributed by atoms with van der Waals surface area (Å²) < 4.78 is 0. The van der Waals surface area contributed by atoms with Gasteiger partial charge in [-0.1, -0.05) is 35.0 Å².